The van der Waals surface area contributed by atoms with Crippen LogP contribution in [0.5, 0.6) is 0 Å². The minimum atomic E-state index is -0.432. The van der Waals surface area contributed by atoms with Gasteiger partial charge in [0.05, 0.1) is 11.9 Å². The van der Waals surface area contributed by atoms with E-state index in [1.54, 1.807) is 48.5 Å². The Hall–Kier alpha value is -2.97. The SMILES string of the molecule is O=C(Nn1cnc2c(cnn2-c2cccc(Cl)c2)c1=O)c1ccc(Br)cc1. The lowest BCUT2D eigenvalue weighted by Gasteiger charge is -2.08. The number of hydrogen-bond donors (Lipinski definition) is 1. The Balaban J connectivity index is 1.70. The molecule has 4 aromatic rings. The van der Waals surface area contributed by atoms with Gasteiger partial charge in [0.2, 0.25) is 0 Å². The number of fused-ring (bicyclic) bond motifs is 1. The van der Waals surface area contributed by atoms with Crippen molar-refractivity contribution < 1.29 is 4.79 Å². The fraction of sp³-hybridized carbons (Fsp3) is 0. The van der Waals surface area contributed by atoms with Crippen molar-refractivity contribution in [1.29, 1.82) is 0 Å². The number of carbonyl (C=O) groups is 1. The molecule has 134 valence electrons. The standard InChI is InChI=1S/C18H11BrClN5O2/c19-12-6-4-11(5-7-12)17(26)23-24-10-21-16-15(18(24)27)9-22-25(16)14-3-1-2-13(20)8-14/h1-10H,(H,23,26). The van der Waals surface area contributed by atoms with Crippen LogP contribution >= 0.6 is 27.5 Å². The third kappa shape index (κ3) is 3.36. The molecule has 2 aromatic carbocycles. The second kappa shape index (κ2) is 6.98. The summed E-state index contributed by atoms with van der Waals surface area (Å²) in [6.07, 6.45) is 2.66. The van der Waals surface area contributed by atoms with Gasteiger partial charge >= 0.3 is 0 Å². The van der Waals surface area contributed by atoms with Gasteiger partial charge in [-0.15, -0.1) is 0 Å². The lowest BCUT2D eigenvalue weighted by Crippen LogP contribution is -2.33. The molecule has 7 nitrogen and oxygen atoms in total. The highest BCUT2D eigenvalue weighted by atomic mass is 79.9. The van der Waals surface area contributed by atoms with E-state index in [9.17, 15) is 9.59 Å². The molecule has 2 aromatic heterocycles. The Morgan fingerprint density at radius 3 is 2.67 bits per heavy atom. The van der Waals surface area contributed by atoms with Gasteiger partial charge in [-0.1, -0.05) is 33.6 Å². The summed E-state index contributed by atoms with van der Waals surface area (Å²) in [7, 11) is 0. The third-order valence-electron chi connectivity index (χ3n) is 3.87. The highest BCUT2D eigenvalue weighted by Gasteiger charge is 2.13. The van der Waals surface area contributed by atoms with E-state index in [1.807, 2.05) is 0 Å². The monoisotopic (exact) mass is 443 g/mol. The first-order valence-electron chi connectivity index (χ1n) is 7.81. The van der Waals surface area contributed by atoms with Crippen molar-refractivity contribution in [1.82, 2.24) is 19.4 Å². The molecule has 0 saturated carbocycles. The number of nitrogens with zero attached hydrogens (tertiary/aromatic N) is 4. The first-order chi connectivity index (χ1) is 13.0. The first-order valence-corrected chi connectivity index (χ1v) is 8.98. The summed E-state index contributed by atoms with van der Waals surface area (Å²) >= 11 is 9.33. The van der Waals surface area contributed by atoms with E-state index in [-0.39, 0.29) is 5.39 Å². The van der Waals surface area contributed by atoms with Crippen LogP contribution in [0, 0.1) is 0 Å². The minimum Gasteiger partial charge on any atom is -0.267 e. The van der Waals surface area contributed by atoms with E-state index >= 15 is 0 Å². The van der Waals surface area contributed by atoms with E-state index in [0.717, 1.165) is 9.15 Å². The van der Waals surface area contributed by atoms with Crippen LogP contribution < -0.4 is 11.0 Å². The molecule has 0 aliphatic heterocycles. The van der Waals surface area contributed by atoms with E-state index in [1.165, 1.54) is 17.2 Å². The van der Waals surface area contributed by atoms with Gasteiger partial charge < -0.3 is 0 Å². The molecule has 0 unspecified atom stereocenters. The molecular weight excluding hydrogens is 434 g/mol. The molecule has 0 radical (unpaired) electrons. The summed E-state index contributed by atoms with van der Waals surface area (Å²) in [5.74, 6) is -0.423. The molecule has 0 aliphatic carbocycles. The molecule has 0 saturated heterocycles. The normalized spacial score (nSPS) is 10.9. The summed E-state index contributed by atoms with van der Waals surface area (Å²) in [6.45, 7) is 0. The van der Waals surface area contributed by atoms with E-state index in [2.05, 4.69) is 31.4 Å². The van der Waals surface area contributed by atoms with E-state index in [0.29, 0.717) is 21.9 Å². The van der Waals surface area contributed by atoms with E-state index in [4.69, 9.17) is 11.6 Å². The molecule has 1 N–H and O–H groups in total. The van der Waals surface area contributed by atoms with Crippen molar-refractivity contribution in [3.63, 3.8) is 0 Å². The maximum atomic E-state index is 12.7. The van der Waals surface area contributed by atoms with Crippen molar-refractivity contribution in [2.45, 2.75) is 0 Å². The van der Waals surface area contributed by atoms with Crippen molar-refractivity contribution in [2.75, 3.05) is 5.43 Å². The van der Waals surface area contributed by atoms with Crippen molar-refractivity contribution >= 4 is 44.5 Å². The van der Waals surface area contributed by atoms with Crippen LogP contribution in [0.15, 0.2) is 70.3 Å². The van der Waals surface area contributed by atoms with Gasteiger partial charge in [-0.25, -0.2) is 14.3 Å². The van der Waals surface area contributed by atoms with Gasteiger partial charge in [0.15, 0.2) is 5.65 Å². The maximum Gasteiger partial charge on any atom is 0.283 e. The fourth-order valence-corrected chi connectivity index (χ4v) is 3.01. The second-order valence-corrected chi connectivity index (χ2v) is 6.99. The maximum absolute atomic E-state index is 12.7. The highest BCUT2D eigenvalue weighted by Crippen LogP contribution is 2.17. The van der Waals surface area contributed by atoms with Crippen molar-refractivity contribution in [2.24, 2.45) is 0 Å². The number of benzene rings is 2. The van der Waals surface area contributed by atoms with Gasteiger partial charge in [-0.3, -0.25) is 15.0 Å². The summed E-state index contributed by atoms with van der Waals surface area (Å²) in [6, 6.07) is 13.8. The Bertz CT molecular complexity index is 1220. The number of nitrogens with one attached hydrogen (secondary N) is 1. The predicted octanol–water partition coefficient (Wildman–Crippen LogP) is 3.38. The Morgan fingerprint density at radius 1 is 1.15 bits per heavy atom. The number of amides is 1. The summed E-state index contributed by atoms with van der Waals surface area (Å²) < 4.78 is 3.41. The molecule has 2 heterocycles. The molecule has 0 spiro atoms. The second-order valence-electron chi connectivity index (χ2n) is 5.64. The number of halogens is 2. The average molecular weight is 445 g/mol. The minimum absolute atomic E-state index is 0.272. The topological polar surface area (TPSA) is 81.8 Å². The van der Waals surface area contributed by atoms with E-state index < -0.39 is 11.5 Å². The average Bonchev–Trinajstić information content (AvgIpc) is 3.09. The number of hydrogen-bond acceptors (Lipinski definition) is 4. The van der Waals surface area contributed by atoms with Crippen LogP contribution in [0.2, 0.25) is 5.02 Å². The molecule has 0 aliphatic rings. The zero-order valence-corrected chi connectivity index (χ0v) is 16.0. The van der Waals surface area contributed by atoms with Crippen LogP contribution in [0.25, 0.3) is 16.7 Å². The lowest BCUT2D eigenvalue weighted by molar-refractivity contribution is 0.101. The van der Waals surface area contributed by atoms with Crippen LogP contribution in [0.4, 0.5) is 0 Å². The molecule has 4 rings (SSSR count). The smallest absolute Gasteiger partial charge is 0.267 e. The molecule has 0 atom stereocenters. The Labute approximate surface area is 166 Å². The number of aromatic nitrogens is 4. The van der Waals surface area contributed by atoms with Crippen LogP contribution in [-0.4, -0.2) is 25.3 Å². The van der Waals surface area contributed by atoms with Gasteiger partial charge in [-0.2, -0.15) is 5.10 Å². The van der Waals surface area contributed by atoms with Crippen molar-refractivity contribution in [3.05, 3.63) is 86.5 Å². The summed E-state index contributed by atoms with van der Waals surface area (Å²) in [4.78, 5) is 29.3. The lowest BCUT2D eigenvalue weighted by atomic mass is 10.2. The Morgan fingerprint density at radius 2 is 1.93 bits per heavy atom. The quantitative estimate of drug-likeness (QED) is 0.525. The zero-order valence-electron chi connectivity index (χ0n) is 13.6. The highest BCUT2D eigenvalue weighted by molar-refractivity contribution is 9.10. The first kappa shape index (κ1) is 17.4. The van der Waals surface area contributed by atoms with Crippen LogP contribution in [-0.2, 0) is 0 Å². The Kier molecular flexibility index (Phi) is 4.51. The van der Waals surface area contributed by atoms with Gasteiger partial charge in [0.25, 0.3) is 11.5 Å². The van der Waals surface area contributed by atoms with Gasteiger partial charge in [0.1, 0.15) is 11.7 Å². The zero-order chi connectivity index (χ0) is 19.0. The molecule has 0 bridgehead atoms. The largest absolute Gasteiger partial charge is 0.283 e. The summed E-state index contributed by atoms with van der Waals surface area (Å²) in [5.41, 5.74) is 3.56. The molecule has 0 fully saturated rings. The molecular formula is C18H11BrClN5O2. The third-order valence-corrected chi connectivity index (χ3v) is 4.63. The molecule has 9 heteroatoms. The van der Waals surface area contributed by atoms with Crippen LogP contribution in [0.1, 0.15) is 10.4 Å². The van der Waals surface area contributed by atoms with Gasteiger partial charge in [0, 0.05) is 15.1 Å². The number of rotatable bonds is 3. The number of carbonyl (C=O) groups excluding carboxylic acids is 1. The van der Waals surface area contributed by atoms with Crippen molar-refractivity contribution in [3.8, 4) is 5.69 Å². The summed E-state index contributed by atoms with van der Waals surface area (Å²) in [5, 5.41) is 5.04. The predicted molar refractivity (Wildman–Crippen MR) is 106 cm³/mol. The molecule has 27 heavy (non-hydrogen) atoms. The van der Waals surface area contributed by atoms with Gasteiger partial charge in [-0.05, 0) is 42.5 Å². The van der Waals surface area contributed by atoms with Crippen LogP contribution in [0.3, 0.4) is 0 Å². The fourth-order valence-electron chi connectivity index (χ4n) is 2.56. The molecule has 1 amide bonds.